The number of fused-ring (bicyclic) bond motifs is 1. The van der Waals surface area contributed by atoms with Crippen LogP contribution < -0.4 is 4.74 Å². The molecule has 0 unspecified atom stereocenters. The molecule has 0 aliphatic heterocycles. The van der Waals surface area contributed by atoms with E-state index in [4.69, 9.17) is 4.74 Å². The Balaban J connectivity index is 2.47. The molecule has 4 nitrogen and oxygen atoms in total. The van der Waals surface area contributed by atoms with Crippen LogP contribution in [0.5, 0.6) is 11.5 Å². The van der Waals surface area contributed by atoms with Crippen molar-refractivity contribution in [3.63, 3.8) is 0 Å². The van der Waals surface area contributed by atoms with Crippen molar-refractivity contribution < 1.29 is 19.4 Å². The molecule has 0 atom stereocenters. The molecule has 0 saturated carbocycles. The summed E-state index contributed by atoms with van der Waals surface area (Å²) in [5, 5.41) is 10.2. The zero-order valence-electron chi connectivity index (χ0n) is 13.4. The van der Waals surface area contributed by atoms with Gasteiger partial charge in [-0.05, 0) is 72.1 Å². The highest BCUT2D eigenvalue weighted by atomic mass is 127. The lowest BCUT2D eigenvalue weighted by atomic mass is 9.84. The van der Waals surface area contributed by atoms with Crippen molar-refractivity contribution in [3.05, 3.63) is 60.1 Å². The van der Waals surface area contributed by atoms with Gasteiger partial charge >= 0.3 is 0 Å². The average Bonchev–Trinajstić information content (AvgIpc) is 2.63. The molecule has 0 heterocycles. The first-order chi connectivity index (χ1) is 12.3. The molecule has 0 fully saturated rings. The molecular formula is C19H11Br2IO4. The first-order valence-electron chi connectivity index (χ1n) is 7.32. The molecule has 2 aromatic carbocycles. The van der Waals surface area contributed by atoms with Gasteiger partial charge in [0, 0.05) is 32.8 Å². The molecule has 3 rings (SSSR count). The number of carbonyl (C=O) groups excluding carboxylic acids is 2. The zero-order chi connectivity index (χ0) is 19.2. The third kappa shape index (κ3) is 2.95. The number of allylic oxidation sites excluding steroid dienone is 2. The van der Waals surface area contributed by atoms with Crippen molar-refractivity contribution in [1.82, 2.24) is 0 Å². The summed E-state index contributed by atoms with van der Waals surface area (Å²) in [5.41, 5.74) is 2.51. The number of benzene rings is 2. The van der Waals surface area contributed by atoms with Gasteiger partial charge in [-0.15, -0.1) is 0 Å². The van der Waals surface area contributed by atoms with Crippen LogP contribution in [0.3, 0.4) is 0 Å². The van der Waals surface area contributed by atoms with Crippen molar-refractivity contribution in [3.8, 4) is 22.6 Å². The fraction of sp³-hybridized carbons (Fsp3) is 0.0526. The molecular weight excluding hydrogens is 579 g/mol. The highest BCUT2D eigenvalue weighted by Gasteiger charge is 2.30. The Morgan fingerprint density at radius 3 is 2.46 bits per heavy atom. The van der Waals surface area contributed by atoms with Crippen LogP contribution in [-0.4, -0.2) is 23.8 Å². The maximum atomic E-state index is 12.9. The van der Waals surface area contributed by atoms with Gasteiger partial charge in [0.05, 0.1) is 15.2 Å². The number of rotatable bonds is 3. The Morgan fingerprint density at radius 2 is 1.85 bits per heavy atom. The molecule has 0 saturated heterocycles. The maximum absolute atomic E-state index is 12.9. The molecule has 7 heteroatoms. The second-order valence-electron chi connectivity index (χ2n) is 5.45. The van der Waals surface area contributed by atoms with Gasteiger partial charge in [-0.3, -0.25) is 9.59 Å². The zero-order valence-corrected chi connectivity index (χ0v) is 18.7. The predicted molar refractivity (Wildman–Crippen MR) is 116 cm³/mol. The SMILES string of the molecule is C=Cc1ccc2c(c1-c1cc(OC)c(O)c(Br)c1Br)C(=O)C(I)=CC2=O. The molecule has 0 aromatic heterocycles. The van der Waals surface area contributed by atoms with Gasteiger partial charge in [-0.2, -0.15) is 0 Å². The standard InChI is InChI=1S/C19H11Br2IO4/c1-3-8-4-5-9-12(23)7-11(22)18(24)15(9)14(8)10-6-13(26-2)19(25)17(21)16(10)20/h3-7,25H,1H2,2H3. The van der Waals surface area contributed by atoms with E-state index in [0.29, 0.717) is 40.3 Å². The van der Waals surface area contributed by atoms with Crippen LogP contribution >= 0.6 is 54.5 Å². The van der Waals surface area contributed by atoms with Crippen molar-refractivity contribution >= 4 is 72.1 Å². The maximum Gasteiger partial charge on any atom is 0.200 e. The Bertz CT molecular complexity index is 1020. The first kappa shape index (κ1) is 19.3. The van der Waals surface area contributed by atoms with E-state index in [1.165, 1.54) is 13.2 Å². The number of halogens is 3. The molecule has 0 spiro atoms. The van der Waals surface area contributed by atoms with Crippen molar-refractivity contribution in [2.45, 2.75) is 0 Å². The molecule has 132 valence electrons. The average molecular weight is 590 g/mol. The van der Waals surface area contributed by atoms with Gasteiger partial charge in [0.1, 0.15) is 0 Å². The lowest BCUT2D eigenvalue weighted by molar-refractivity contribution is 0.0993. The number of Topliss-reactive ketones (excluding diaryl/α,β-unsaturated/α-hetero) is 1. The molecule has 1 N–H and O–H groups in total. The monoisotopic (exact) mass is 588 g/mol. The van der Waals surface area contributed by atoms with Gasteiger partial charge in [-0.1, -0.05) is 18.7 Å². The number of ether oxygens (including phenoxy) is 1. The number of aromatic hydroxyl groups is 1. The van der Waals surface area contributed by atoms with E-state index in [1.807, 2.05) is 22.6 Å². The summed E-state index contributed by atoms with van der Waals surface area (Å²) < 4.78 is 6.52. The van der Waals surface area contributed by atoms with Crippen LogP contribution in [0.1, 0.15) is 26.3 Å². The van der Waals surface area contributed by atoms with E-state index in [1.54, 1.807) is 24.3 Å². The van der Waals surface area contributed by atoms with Gasteiger partial charge < -0.3 is 9.84 Å². The quantitative estimate of drug-likeness (QED) is 0.451. The minimum Gasteiger partial charge on any atom is -0.503 e. The second kappa shape index (κ2) is 7.28. The minimum absolute atomic E-state index is 0.0649. The molecule has 0 radical (unpaired) electrons. The van der Waals surface area contributed by atoms with Gasteiger partial charge in [0.15, 0.2) is 17.3 Å². The van der Waals surface area contributed by atoms with E-state index >= 15 is 0 Å². The predicted octanol–water partition coefficient (Wildman–Crippen LogP) is 5.93. The van der Waals surface area contributed by atoms with E-state index in [-0.39, 0.29) is 23.1 Å². The van der Waals surface area contributed by atoms with E-state index in [0.717, 1.165) is 0 Å². The second-order valence-corrected chi connectivity index (χ2v) is 8.19. The van der Waals surface area contributed by atoms with Crippen LogP contribution in [-0.2, 0) is 0 Å². The molecule has 1 aliphatic rings. The summed E-state index contributed by atoms with van der Waals surface area (Å²) in [4.78, 5) is 25.3. The Labute approximate surface area is 180 Å². The van der Waals surface area contributed by atoms with Crippen molar-refractivity contribution in [2.75, 3.05) is 7.11 Å². The van der Waals surface area contributed by atoms with E-state index < -0.39 is 0 Å². The summed E-state index contributed by atoms with van der Waals surface area (Å²) >= 11 is 8.66. The Morgan fingerprint density at radius 1 is 1.15 bits per heavy atom. The highest BCUT2D eigenvalue weighted by molar-refractivity contribution is 14.1. The summed E-state index contributed by atoms with van der Waals surface area (Å²) in [6.45, 7) is 3.82. The summed E-state index contributed by atoms with van der Waals surface area (Å²) in [6.07, 6.45) is 2.96. The number of phenolic OH excluding ortho intramolecular Hbond substituents is 1. The Kier molecular flexibility index (Phi) is 5.41. The van der Waals surface area contributed by atoms with Gasteiger partial charge in [0.25, 0.3) is 0 Å². The topological polar surface area (TPSA) is 63.6 Å². The van der Waals surface area contributed by atoms with Crippen LogP contribution in [0.2, 0.25) is 0 Å². The van der Waals surface area contributed by atoms with Gasteiger partial charge in [0.2, 0.25) is 5.78 Å². The molecule has 1 aliphatic carbocycles. The number of phenols is 1. The van der Waals surface area contributed by atoms with E-state index in [9.17, 15) is 14.7 Å². The third-order valence-electron chi connectivity index (χ3n) is 4.06. The number of hydrogen-bond donors (Lipinski definition) is 1. The normalized spacial score (nSPS) is 13.3. The van der Waals surface area contributed by atoms with Crippen LogP contribution in [0.4, 0.5) is 0 Å². The molecule has 2 aromatic rings. The first-order valence-corrected chi connectivity index (χ1v) is 9.99. The molecule has 0 bridgehead atoms. The minimum atomic E-state index is -0.228. The van der Waals surface area contributed by atoms with Crippen LogP contribution in [0.25, 0.3) is 17.2 Å². The van der Waals surface area contributed by atoms with Crippen molar-refractivity contribution in [2.24, 2.45) is 0 Å². The number of ketones is 2. The summed E-state index contributed by atoms with van der Waals surface area (Å²) in [7, 11) is 1.44. The van der Waals surface area contributed by atoms with E-state index in [2.05, 4.69) is 38.4 Å². The third-order valence-corrected chi connectivity index (χ3v) is 6.99. The number of carbonyl (C=O) groups is 2. The fourth-order valence-corrected chi connectivity index (χ4v) is 4.29. The van der Waals surface area contributed by atoms with Crippen LogP contribution in [0, 0.1) is 0 Å². The fourth-order valence-electron chi connectivity index (χ4n) is 2.83. The summed E-state index contributed by atoms with van der Waals surface area (Å²) in [6, 6.07) is 5.00. The largest absolute Gasteiger partial charge is 0.503 e. The smallest absolute Gasteiger partial charge is 0.200 e. The lowest BCUT2D eigenvalue weighted by Crippen LogP contribution is -2.16. The molecule has 0 amide bonds. The van der Waals surface area contributed by atoms with Gasteiger partial charge in [-0.25, -0.2) is 0 Å². The number of hydrogen-bond acceptors (Lipinski definition) is 4. The summed E-state index contributed by atoms with van der Waals surface area (Å²) in [5.74, 6) is -0.275. The Hall–Kier alpha value is -1.45. The lowest BCUT2D eigenvalue weighted by Gasteiger charge is -2.21. The van der Waals surface area contributed by atoms with Crippen LogP contribution in [0.15, 0.2) is 43.4 Å². The van der Waals surface area contributed by atoms with Crippen molar-refractivity contribution in [1.29, 1.82) is 0 Å². The number of methoxy groups -OCH3 is 1. The molecule has 26 heavy (non-hydrogen) atoms. The highest BCUT2D eigenvalue weighted by Crippen LogP contribution is 2.48.